The summed E-state index contributed by atoms with van der Waals surface area (Å²) in [6, 6.07) is 7.79. The van der Waals surface area contributed by atoms with Gasteiger partial charge in [0.2, 0.25) is 0 Å². The Bertz CT molecular complexity index is 276. The molecule has 0 aliphatic carbocycles. The van der Waals surface area contributed by atoms with Crippen molar-refractivity contribution in [2.45, 2.75) is 13.8 Å². The molecule has 0 amide bonds. The highest BCUT2D eigenvalue weighted by molar-refractivity contribution is 5.39. The molecule has 3 nitrogen and oxygen atoms in total. The van der Waals surface area contributed by atoms with E-state index in [9.17, 15) is 0 Å². The third-order valence-corrected chi connectivity index (χ3v) is 2.02. The van der Waals surface area contributed by atoms with Crippen molar-refractivity contribution in [1.29, 1.82) is 0 Å². The highest BCUT2D eigenvalue weighted by Crippen LogP contribution is 2.25. The summed E-state index contributed by atoms with van der Waals surface area (Å²) in [6.07, 6.45) is 0. The molecule has 0 aliphatic rings. The van der Waals surface area contributed by atoms with E-state index < -0.39 is 0 Å². The van der Waals surface area contributed by atoms with Crippen molar-refractivity contribution in [2.75, 3.05) is 26.3 Å². The van der Waals surface area contributed by atoms with Crippen LogP contribution in [-0.2, 0) is 0 Å². The molecule has 3 heteroatoms. The zero-order chi connectivity index (χ0) is 10.9. The number of ether oxygens (including phenoxy) is 2. The molecule has 0 heterocycles. The summed E-state index contributed by atoms with van der Waals surface area (Å²) in [7, 11) is 0. The molecule has 1 aromatic carbocycles. The van der Waals surface area contributed by atoms with Gasteiger partial charge in [0, 0.05) is 0 Å². The molecule has 2 N–H and O–H groups in total. The Hall–Kier alpha value is -1.22. The summed E-state index contributed by atoms with van der Waals surface area (Å²) in [5.41, 5.74) is 0. The van der Waals surface area contributed by atoms with Crippen LogP contribution in [0.25, 0.3) is 0 Å². The van der Waals surface area contributed by atoms with Crippen LogP contribution in [0.1, 0.15) is 13.8 Å². The minimum atomic E-state index is 0.668. The van der Waals surface area contributed by atoms with Crippen LogP contribution in [0.4, 0.5) is 0 Å². The minimum Gasteiger partial charge on any atom is -0.490 e. The van der Waals surface area contributed by atoms with E-state index in [-0.39, 0.29) is 0 Å². The first-order valence-electron chi connectivity index (χ1n) is 5.54. The average Bonchev–Trinajstić information content (AvgIpc) is 2.27. The third-order valence-electron chi connectivity index (χ3n) is 2.02. The number of hydrogen-bond donors (Lipinski definition) is 1. The lowest BCUT2D eigenvalue weighted by molar-refractivity contribution is -0.652. The van der Waals surface area contributed by atoms with E-state index in [4.69, 9.17) is 9.47 Å². The summed E-state index contributed by atoms with van der Waals surface area (Å²) in [6.45, 7) is 7.57. The zero-order valence-corrected chi connectivity index (χ0v) is 9.53. The molecule has 0 bridgehead atoms. The maximum Gasteiger partial charge on any atom is 0.161 e. The zero-order valence-electron chi connectivity index (χ0n) is 9.53. The van der Waals surface area contributed by atoms with E-state index >= 15 is 0 Å². The van der Waals surface area contributed by atoms with Crippen molar-refractivity contribution in [1.82, 2.24) is 0 Å². The Kier molecular flexibility index (Phi) is 5.63. The number of rotatable bonds is 7. The molecule has 1 rings (SSSR count). The van der Waals surface area contributed by atoms with Crippen molar-refractivity contribution < 1.29 is 14.8 Å². The van der Waals surface area contributed by atoms with Gasteiger partial charge in [0.1, 0.15) is 13.2 Å². The Labute approximate surface area is 91.4 Å². The van der Waals surface area contributed by atoms with Crippen molar-refractivity contribution in [2.24, 2.45) is 0 Å². The van der Waals surface area contributed by atoms with Gasteiger partial charge < -0.3 is 14.8 Å². The van der Waals surface area contributed by atoms with Crippen LogP contribution in [0.2, 0.25) is 0 Å². The molecule has 84 valence electrons. The topological polar surface area (TPSA) is 35.1 Å². The van der Waals surface area contributed by atoms with Gasteiger partial charge in [-0.3, -0.25) is 0 Å². The molecule has 0 unspecified atom stereocenters. The lowest BCUT2D eigenvalue weighted by Gasteiger charge is -2.10. The Morgan fingerprint density at radius 1 is 1.07 bits per heavy atom. The molecule has 15 heavy (non-hydrogen) atoms. The summed E-state index contributed by atoms with van der Waals surface area (Å²) in [4.78, 5) is 0. The molecule has 0 atom stereocenters. The van der Waals surface area contributed by atoms with Gasteiger partial charge in [0.05, 0.1) is 13.2 Å². The molecule has 0 aromatic heterocycles. The maximum absolute atomic E-state index is 5.64. The number of quaternary nitrogens is 1. The summed E-state index contributed by atoms with van der Waals surface area (Å²) in [5, 5.41) is 2.21. The SMILES string of the molecule is CC[NH2+]CCOc1ccccc1OCC. The van der Waals surface area contributed by atoms with Gasteiger partial charge in [0.25, 0.3) is 0 Å². The smallest absolute Gasteiger partial charge is 0.161 e. The molecule has 0 spiro atoms. The standard InChI is InChI=1S/C12H19NO2/c1-3-13-9-10-15-12-8-6-5-7-11(12)14-4-2/h5-8,13H,3-4,9-10H2,1-2H3/p+1. The van der Waals surface area contributed by atoms with Crippen LogP contribution in [0.3, 0.4) is 0 Å². The fourth-order valence-electron chi connectivity index (χ4n) is 1.30. The van der Waals surface area contributed by atoms with Gasteiger partial charge in [-0.1, -0.05) is 12.1 Å². The quantitative estimate of drug-likeness (QED) is 0.683. The van der Waals surface area contributed by atoms with E-state index in [0.717, 1.165) is 31.2 Å². The maximum atomic E-state index is 5.64. The number of para-hydroxylation sites is 2. The monoisotopic (exact) mass is 210 g/mol. The van der Waals surface area contributed by atoms with E-state index in [1.807, 2.05) is 31.2 Å². The molecule has 0 saturated heterocycles. The molecule has 0 radical (unpaired) electrons. The number of likely N-dealkylation sites (N-methyl/N-ethyl adjacent to an activating group) is 1. The van der Waals surface area contributed by atoms with Crippen LogP contribution in [-0.4, -0.2) is 26.3 Å². The van der Waals surface area contributed by atoms with Crippen LogP contribution >= 0.6 is 0 Å². The molecular weight excluding hydrogens is 190 g/mol. The van der Waals surface area contributed by atoms with Crippen molar-refractivity contribution in [3.05, 3.63) is 24.3 Å². The molecular formula is C12H20NO2+. The Morgan fingerprint density at radius 3 is 2.33 bits per heavy atom. The van der Waals surface area contributed by atoms with Gasteiger partial charge in [-0.05, 0) is 26.0 Å². The third kappa shape index (κ3) is 4.21. The highest BCUT2D eigenvalue weighted by atomic mass is 16.5. The van der Waals surface area contributed by atoms with Gasteiger partial charge in [-0.2, -0.15) is 0 Å². The van der Waals surface area contributed by atoms with E-state index in [2.05, 4.69) is 12.2 Å². The van der Waals surface area contributed by atoms with Crippen LogP contribution in [0.15, 0.2) is 24.3 Å². The van der Waals surface area contributed by atoms with E-state index in [1.165, 1.54) is 0 Å². The first kappa shape index (κ1) is 11.9. The molecule has 0 saturated carbocycles. The molecule has 0 fully saturated rings. The first-order valence-corrected chi connectivity index (χ1v) is 5.54. The van der Waals surface area contributed by atoms with Gasteiger partial charge in [-0.25, -0.2) is 0 Å². The van der Waals surface area contributed by atoms with Crippen molar-refractivity contribution in [3.8, 4) is 11.5 Å². The fourth-order valence-corrected chi connectivity index (χ4v) is 1.30. The molecule has 0 aliphatic heterocycles. The minimum absolute atomic E-state index is 0.668. The average molecular weight is 210 g/mol. The second-order valence-electron chi connectivity index (χ2n) is 3.21. The summed E-state index contributed by atoms with van der Waals surface area (Å²) < 4.78 is 11.1. The van der Waals surface area contributed by atoms with E-state index in [1.54, 1.807) is 0 Å². The second-order valence-corrected chi connectivity index (χ2v) is 3.21. The summed E-state index contributed by atoms with van der Waals surface area (Å²) in [5.74, 6) is 1.67. The number of nitrogens with two attached hydrogens (primary N) is 1. The van der Waals surface area contributed by atoms with Crippen molar-refractivity contribution >= 4 is 0 Å². The van der Waals surface area contributed by atoms with E-state index in [0.29, 0.717) is 6.61 Å². The van der Waals surface area contributed by atoms with Crippen LogP contribution in [0, 0.1) is 0 Å². The van der Waals surface area contributed by atoms with Gasteiger partial charge in [-0.15, -0.1) is 0 Å². The predicted molar refractivity (Wildman–Crippen MR) is 60.4 cm³/mol. The Balaban J connectivity index is 2.44. The number of hydrogen-bond acceptors (Lipinski definition) is 2. The van der Waals surface area contributed by atoms with Gasteiger partial charge >= 0.3 is 0 Å². The predicted octanol–water partition coefficient (Wildman–Crippen LogP) is 1.05. The van der Waals surface area contributed by atoms with Crippen LogP contribution in [0.5, 0.6) is 11.5 Å². The lowest BCUT2D eigenvalue weighted by atomic mass is 10.3. The van der Waals surface area contributed by atoms with Crippen LogP contribution < -0.4 is 14.8 Å². The van der Waals surface area contributed by atoms with Crippen molar-refractivity contribution in [3.63, 3.8) is 0 Å². The highest BCUT2D eigenvalue weighted by Gasteiger charge is 2.02. The largest absolute Gasteiger partial charge is 0.490 e. The fraction of sp³-hybridized carbons (Fsp3) is 0.500. The first-order chi connectivity index (χ1) is 7.38. The second kappa shape index (κ2) is 7.12. The normalized spacial score (nSPS) is 10.0. The number of benzene rings is 1. The van der Waals surface area contributed by atoms with Gasteiger partial charge in [0.15, 0.2) is 11.5 Å². The lowest BCUT2D eigenvalue weighted by Crippen LogP contribution is -2.84. The Morgan fingerprint density at radius 2 is 1.73 bits per heavy atom. The summed E-state index contributed by atoms with van der Waals surface area (Å²) >= 11 is 0. The molecule has 1 aromatic rings.